The Balaban J connectivity index is 1.72. The van der Waals surface area contributed by atoms with E-state index in [1.54, 1.807) is 0 Å². The van der Waals surface area contributed by atoms with Gasteiger partial charge >= 0.3 is 0 Å². The van der Waals surface area contributed by atoms with Gasteiger partial charge in [-0.3, -0.25) is 4.79 Å². The maximum absolute atomic E-state index is 11.0. The monoisotopic (exact) mass is 242 g/mol. The normalized spacial score (nSPS) is 32.5. The molecule has 2 unspecified atom stereocenters. The van der Waals surface area contributed by atoms with Crippen LogP contribution in [0.3, 0.4) is 0 Å². The lowest BCUT2D eigenvalue weighted by Crippen LogP contribution is -2.42. The molecule has 0 spiro atoms. The molecule has 2 saturated heterocycles. The van der Waals surface area contributed by atoms with Gasteiger partial charge in [0, 0.05) is 18.9 Å². The summed E-state index contributed by atoms with van der Waals surface area (Å²) in [5.74, 6) is 0.418. The first-order valence-corrected chi connectivity index (χ1v) is 6.46. The molecule has 98 valence electrons. The van der Waals surface area contributed by atoms with Crippen LogP contribution in [0.2, 0.25) is 0 Å². The van der Waals surface area contributed by atoms with Crippen LogP contribution >= 0.6 is 0 Å². The number of primary amides is 1. The van der Waals surface area contributed by atoms with E-state index in [0.717, 1.165) is 45.3 Å². The summed E-state index contributed by atoms with van der Waals surface area (Å²) in [5.41, 5.74) is 5.31. The predicted octanol–water partition coefficient (Wildman–Crippen LogP) is -0.0713. The molecule has 0 aliphatic carbocycles. The van der Waals surface area contributed by atoms with Gasteiger partial charge in [-0.1, -0.05) is 0 Å². The zero-order valence-corrected chi connectivity index (χ0v) is 10.2. The average molecular weight is 242 g/mol. The van der Waals surface area contributed by atoms with Gasteiger partial charge in [-0.25, -0.2) is 0 Å². The van der Waals surface area contributed by atoms with Gasteiger partial charge in [-0.15, -0.1) is 0 Å². The van der Waals surface area contributed by atoms with Gasteiger partial charge in [0.1, 0.15) is 0 Å². The highest BCUT2D eigenvalue weighted by Gasteiger charge is 2.27. The van der Waals surface area contributed by atoms with E-state index < -0.39 is 6.29 Å². The second-order valence-corrected chi connectivity index (χ2v) is 5.19. The second-order valence-electron chi connectivity index (χ2n) is 5.19. The summed E-state index contributed by atoms with van der Waals surface area (Å²) >= 11 is 0. The lowest BCUT2D eigenvalue weighted by Gasteiger charge is -2.35. The number of nitrogens with zero attached hydrogens (tertiary/aromatic N) is 1. The molecule has 5 heteroatoms. The molecule has 0 saturated carbocycles. The van der Waals surface area contributed by atoms with E-state index in [4.69, 9.17) is 10.5 Å². The minimum Gasteiger partial charge on any atom is -0.369 e. The summed E-state index contributed by atoms with van der Waals surface area (Å²) in [5, 5.41) is 9.42. The molecule has 2 atom stereocenters. The largest absolute Gasteiger partial charge is 0.369 e. The number of hydrogen-bond acceptors (Lipinski definition) is 4. The molecule has 3 N–H and O–H groups in total. The Kier molecular flexibility index (Phi) is 4.36. The minimum absolute atomic E-state index is 0.0616. The SMILES string of the molecule is NC(=O)C1CCN(CC2CCOC(O)C2)CC1. The summed E-state index contributed by atoms with van der Waals surface area (Å²) < 4.78 is 5.12. The number of aliphatic hydroxyl groups excluding tert-OH is 1. The third kappa shape index (κ3) is 3.66. The number of carbonyl (C=O) groups is 1. The number of rotatable bonds is 3. The number of nitrogens with two attached hydrogens (primary N) is 1. The number of piperidine rings is 1. The first-order valence-electron chi connectivity index (χ1n) is 6.46. The van der Waals surface area contributed by atoms with Crippen molar-refractivity contribution in [1.82, 2.24) is 4.90 Å². The molecular formula is C12H22N2O3. The van der Waals surface area contributed by atoms with Gasteiger partial charge in [-0.05, 0) is 38.3 Å². The van der Waals surface area contributed by atoms with Crippen molar-refractivity contribution in [3.8, 4) is 0 Å². The lowest BCUT2D eigenvalue weighted by atomic mass is 9.93. The van der Waals surface area contributed by atoms with Gasteiger partial charge in [0.25, 0.3) is 0 Å². The lowest BCUT2D eigenvalue weighted by molar-refractivity contribution is -0.141. The van der Waals surface area contributed by atoms with Gasteiger partial charge < -0.3 is 20.5 Å². The van der Waals surface area contributed by atoms with E-state index >= 15 is 0 Å². The third-order valence-electron chi connectivity index (χ3n) is 3.88. The predicted molar refractivity (Wildman–Crippen MR) is 63.0 cm³/mol. The molecule has 2 fully saturated rings. The molecule has 2 rings (SSSR count). The molecule has 2 aliphatic rings. The Morgan fingerprint density at radius 3 is 2.65 bits per heavy atom. The molecule has 0 aromatic heterocycles. The molecular weight excluding hydrogens is 220 g/mol. The highest BCUT2D eigenvalue weighted by atomic mass is 16.6. The Bertz CT molecular complexity index is 264. The average Bonchev–Trinajstić information content (AvgIpc) is 2.29. The maximum Gasteiger partial charge on any atom is 0.220 e. The van der Waals surface area contributed by atoms with Gasteiger partial charge in [-0.2, -0.15) is 0 Å². The van der Waals surface area contributed by atoms with E-state index in [0.29, 0.717) is 12.5 Å². The number of amides is 1. The number of ether oxygens (including phenoxy) is 1. The van der Waals surface area contributed by atoms with Crippen LogP contribution in [0.15, 0.2) is 0 Å². The summed E-state index contributed by atoms with van der Waals surface area (Å²) in [4.78, 5) is 13.4. The van der Waals surface area contributed by atoms with Crippen molar-refractivity contribution in [1.29, 1.82) is 0 Å². The molecule has 0 radical (unpaired) electrons. The summed E-state index contributed by atoms with van der Waals surface area (Å²) in [7, 11) is 0. The van der Waals surface area contributed by atoms with Gasteiger partial charge in [0.15, 0.2) is 6.29 Å². The zero-order valence-electron chi connectivity index (χ0n) is 10.2. The highest BCUT2D eigenvalue weighted by molar-refractivity contribution is 5.76. The fourth-order valence-corrected chi connectivity index (χ4v) is 2.77. The molecule has 0 aromatic rings. The molecule has 2 aliphatic heterocycles. The summed E-state index contributed by atoms with van der Waals surface area (Å²) in [6.45, 7) is 3.55. The van der Waals surface area contributed by atoms with Gasteiger partial charge in [0.2, 0.25) is 5.91 Å². The Morgan fingerprint density at radius 2 is 2.06 bits per heavy atom. The van der Waals surface area contributed by atoms with E-state index in [2.05, 4.69) is 4.90 Å². The standard InChI is InChI=1S/C12H22N2O3/c13-12(16)10-1-4-14(5-2-10)8-9-3-6-17-11(15)7-9/h9-11,15H,1-8H2,(H2,13,16). The first-order chi connectivity index (χ1) is 8.15. The third-order valence-corrected chi connectivity index (χ3v) is 3.88. The van der Waals surface area contributed by atoms with Crippen molar-refractivity contribution < 1.29 is 14.6 Å². The van der Waals surface area contributed by atoms with E-state index in [9.17, 15) is 9.90 Å². The molecule has 0 aromatic carbocycles. The van der Waals surface area contributed by atoms with Crippen molar-refractivity contribution >= 4 is 5.91 Å². The number of hydrogen-bond donors (Lipinski definition) is 2. The van der Waals surface area contributed by atoms with Crippen molar-refractivity contribution in [2.75, 3.05) is 26.2 Å². The maximum atomic E-state index is 11.0. The van der Waals surface area contributed by atoms with Crippen LogP contribution in [0.1, 0.15) is 25.7 Å². The Morgan fingerprint density at radius 1 is 1.35 bits per heavy atom. The molecule has 17 heavy (non-hydrogen) atoms. The van der Waals surface area contributed by atoms with Crippen LogP contribution in [0.25, 0.3) is 0 Å². The van der Waals surface area contributed by atoms with Crippen molar-refractivity contribution in [3.05, 3.63) is 0 Å². The smallest absolute Gasteiger partial charge is 0.220 e. The van der Waals surface area contributed by atoms with Crippen LogP contribution in [0.5, 0.6) is 0 Å². The van der Waals surface area contributed by atoms with Crippen molar-refractivity contribution in [2.45, 2.75) is 32.0 Å². The van der Waals surface area contributed by atoms with Crippen LogP contribution in [-0.2, 0) is 9.53 Å². The molecule has 1 amide bonds. The van der Waals surface area contributed by atoms with E-state index in [1.807, 2.05) is 0 Å². The van der Waals surface area contributed by atoms with Crippen LogP contribution < -0.4 is 5.73 Å². The van der Waals surface area contributed by atoms with E-state index in [-0.39, 0.29) is 11.8 Å². The highest BCUT2D eigenvalue weighted by Crippen LogP contribution is 2.23. The number of aliphatic hydroxyl groups is 1. The van der Waals surface area contributed by atoms with Gasteiger partial charge in [0.05, 0.1) is 6.61 Å². The number of likely N-dealkylation sites (tertiary alicyclic amines) is 1. The quantitative estimate of drug-likeness (QED) is 0.726. The zero-order chi connectivity index (χ0) is 12.3. The molecule has 2 heterocycles. The molecule has 0 bridgehead atoms. The topological polar surface area (TPSA) is 75.8 Å². The van der Waals surface area contributed by atoms with E-state index in [1.165, 1.54) is 0 Å². The Labute approximate surface area is 102 Å². The van der Waals surface area contributed by atoms with Crippen LogP contribution in [0, 0.1) is 11.8 Å². The first kappa shape index (κ1) is 12.8. The fourth-order valence-electron chi connectivity index (χ4n) is 2.77. The second kappa shape index (κ2) is 5.80. The number of carbonyl (C=O) groups excluding carboxylic acids is 1. The van der Waals surface area contributed by atoms with Crippen LogP contribution in [-0.4, -0.2) is 48.4 Å². The van der Waals surface area contributed by atoms with Crippen molar-refractivity contribution in [2.24, 2.45) is 17.6 Å². The summed E-state index contributed by atoms with van der Waals surface area (Å²) in [6, 6.07) is 0. The minimum atomic E-state index is -0.586. The fraction of sp³-hybridized carbons (Fsp3) is 0.917. The molecule has 5 nitrogen and oxygen atoms in total. The summed E-state index contributed by atoms with van der Waals surface area (Å²) in [6.07, 6.45) is 2.92. The van der Waals surface area contributed by atoms with Crippen molar-refractivity contribution in [3.63, 3.8) is 0 Å². The Hall–Kier alpha value is -0.650. The van der Waals surface area contributed by atoms with Crippen LogP contribution in [0.4, 0.5) is 0 Å².